The lowest BCUT2D eigenvalue weighted by molar-refractivity contribution is 0.293. The molecule has 0 aliphatic rings. The number of rotatable bonds is 11. The van der Waals surface area contributed by atoms with Crippen molar-refractivity contribution >= 4 is 21.8 Å². The molecule has 3 heteroatoms. The van der Waals surface area contributed by atoms with E-state index in [4.69, 9.17) is 9.72 Å². The quantitative estimate of drug-likeness (QED) is 0.243. The van der Waals surface area contributed by atoms with Gasteiger partial charge in [-0.2, -0.15) is 0 Å². The SMILES string of the molecule is CCCCCCCCCn1c(COc2cccc3ccccc23)nc2ccccc21. The van der Waals surface area contributed by atoms with Crippen LogP contribution in [0.5, 0.6) is 5.75 Å². The third kappa shape index (κ3) is 4.84. The number of ether oxygens (including phenoxy) is 1. The number of imidazole rings is 1. The van der Waals surface area contributed by atoms with E-state index in [2.05, 4.69) is 72.2 Å². The first kappa shape index (κ1) is 20.5. The summed E-state index contributed by atoms with van der Waals surface area (Å²) < 4.78 is 8.62. The molecule has 30 heavy (non-hydrogen) atoms. The van der Waals surface area contributed by atoms with Gasteiger partial charge in [0.1, 0.15) is 18.2 Å². The topological polar surface area (TPSA) is 27.1 Å². The third-order valence-electron chi connectivity index (χ3n) is 5.83. The zero-order valence-corrected chi connectivity index (χ0v) is 18.0. The maximum Gasteiger partial charge on any atom is 0.147 e. The van der Waals surface area contributed by atoms with E-state index in [9.17, 15) is 0 Å². The average molecular weight is 401 g/mol. The highest BCUT2D eigenvalue weighted by molar-refractivity contribution is 5.88. The molecule has 0 unspecified atom stereocenters. The summed E-state index contributed by atoms with van der Waals surface area (Å²) >= 11 is 0. The Bertz CT molecular complexity index is 1080. The van der Waals surface area contributed by atoms with Gasteiger partial charge in [-0.1, -0.05) is 94.0 Å². The molecule has 0 radical (unpaired) electrons. The molecule has 0 fully saturated rings. The van der Waals surface area contributed by atoms with Gasteiger partial charge in [0.05, 0.1) is 11.0 Å². The van der Waals surface area contributed by atoms with Gasteiger partial charge in [0.15, 0.2) is 0 Å². The van der Waals surface area contributed by atoms with Gasteiger partial charge in [-0.15, -0.1) is 0 Å². The Morgan fingerprint density at radius 3 is 2.40 bits per heavy atom. The maximum atomic E-state index is 6.26. The molecule has 0 N–H and O–H groups in total. The Hall–Kier alpha value is -2.81. The van der Waals surface area contributed by atoms with Gasteiger partial charge in [-0.25, -0.2) is 4.98 Å². The second-order valence-corrected chi connectivity index (χ2v) is 8.06. The van der Waals surface area contributed by atoms with Crippen molar-refractivity contribution < 1.29 is 4.74 Å². The Kier molecular flexibility index (Phi) is 7.02. The molecule has 3 aromatic carbocycles. The Balaban J connectivity index is 1.46. The van der Waals surface area contributed by atoms with Gasteiger partial charge in [0.25, 0.3) is 0 Å². The average Bonchev–Trinajstić information content (AvgIpc) is 3.14. The van der Waals surface area contributed by atoms with Crippen molar-refractivity contribution in [3.63, 3.8) is 0 Å². The van der Waals surface area contributed by atoms with E-state index in [1.165, 1.54) is 55.8 Å². The summed E-state index contributed by atoms with van der Waals surface area (Å²) in [6.45, 7) is 3.76. The van der Waals surface area contributed by atoms with Gasteiger partial charge in [-0.05, 0) is 30.0 Å². The molecule has 4 rings (SSSR count). The van der Waals surface area contributed by atoms with Crippen LogP contribution in [0.15, 0.2) is 66.7 Å². The normalized spacial score (nSPS) is 11.4. The van der Waals surface area contributed by atoms with Crippen molar-refractivity contribution in [1.29, 1.82) is 0 Å². The first-order valence-corrected chi connectivity index (χ1v) is 11.4. The van der Waals surface area contributed by atoms with E-state index in [0.29, 0.717) is 6.61 Å². The molecular formula is C27H32N2O. The Morgan fingerprint density at radius 1 is 0.767 bits per heavy atom. The van der Waals surface area contributed by atoms with Gasteiger partial charge in [-0.3, -0.25) is 0 Å². The Morgan fingerprint density at radius 2 is 1.50 bits per heavy atom. The number of benzene rings is 3. The fourth-order valence-electron chi connectivity index (χ4n) is 4.18. The largest absolute Gasteiger partial charge is 0.485 e. The molecule has 0 saturated carbocycles. The van der Waals surface area contributed by atoms with Crippen LogP contribution >= 0.6 is 0 Å². The molecule has 0 amide bonds. The van der Waals surface area contributed by atoms with Crippen molar-refractivity contribution in [1.82, 2.24) is 9.55 Å². The van der Waals surface area contributed by atoms with Crippen molar-refractivity contribution in [2.75, 3.05) is 0 Å². The Labute approximate surface area is 179 Å². The summed E-state index contributed by atoms with van der Waals surface area (Å²) in [5.74, 6) is 1.93. The highest BCUT2D eigenvalue weighted by atomic mass is 16.5. The summed E-state index contributed by atoms with van der Waals surface area (Å²) in [5, 5.41) is 2.35. The lowest BCUT2D eigenvalue weighted by Gasteiger charge is -2.12. The van der Waals surface area contributed by atoms with E-state index in [1.807, 2.05) is 6.07 Å². The molecule has 0 spiro atoms. The van der Waals surface area contributed by atoms with E-state index in [1.54, 1.807) is 0 Å². The van der Waals surface area contributed by atoms with Crippen LogP contribution in [-0.4, -0.2) is 9.55 Å². The molecule has 156 valence electrons. The number of aromatic nitrogens is 2. The lowest BCUT2D eigenvalue weighted by Crippen LogP contribution is -2.08. The van der Waals surface area contributed by atoms with Gasteiger partial charge >= 0.3 is 0 Å². The summed E-state index contributed by atoms with van der Waals surface area (Å²) in [4.78, 5) is 4.89. The molecule has 1 aromatic heterocycles. The second-order valence-electron chi connectivity index (χ2n) is 8.06. The minimum atomic E-state index is 0.485. The fourth-order valence-corrected chi connectivity index (χ4v) is 4.18. The zero-order valence-electron chi connectivity index (χ0n) is 18.0. The minimum Gasteiger partial charge on any atom is -0.485 e. The number of para-hydroxylation sites is 2. The van der Waals surface area contributed by atoms with Gasteiger partial charge in [0, 0.05) is 11.9 Å². The zero-order chi connectivity index (χ0) is 20.6. The van der Waals surface area contributed by atoms with E-state index in [0.717, 1.165) is 29.0 Å². The lowest BCUT2D eigenvalue weighted by atomic mass is 10.1. The minimum absolute atomic E-state index is 0.485. The number of hydrogen-bond acceptors (Lipinski definition) is 2. The predicted octanol–water partition coefficient (Wildman–Crippen LogP) is 7.52. The van der Waals surface area contributed by atoms with Crippen molar-refractivity contribution in [2.24, 2.45) is 0 Å². The van der Waals surface area contributed by atoms with Crippen LogP contribution < -0.4 is 4.74 Å². The first-order valence-electron chi connectivity index (χ1n) is 11.4. The van der Waals surface area contributed by atoms with Gasteiger partial charge < -0.3 is 9.30 Å². The molecule has 1 heterocycles. The molecule has 0 atom stereocenters. The monoisotopic (exact) mass is 400 g/mol. The fraction of sp³-hybridized carbons (Fsp3) is 0.370. The van der Waals surface area contributed by atoms with Crippen LogP contribution in [0.1, 0.15) is 57.7 Å². The highest BCUT2D eigenvalue weighted by Crippen LogP contribution is 2.26. The van der Waals surface area contributed by atoms with E-state index in [-0.39, 0.29) is 0 Å². The molecule has 0 aliphatic carbocycles. The summed E-state index contributed by atoms with van der Waals surface area (Å²) in [7, 11) is 0. The maximum absolute atomic E-state index is 6.26. The third-order valence-corrected chi connectivity index (χ3v) is 5.83. The van der Waals surface area contributed by atoms with Crippen molar-refractivity contribution in [2.45, 2.75) is 65.0 Å². The van der Waals surface area contributed by atoms with Crippen LogP contribution in [0.4, 0.5) is 0 Å². The van der Waals surface area contributed by atoms with Gasteiger partial charge in [0.2, 0.25) is 0 Å². The molecule has 0 aliphatic heterocycles. The summed E-state index contributed by atoms with van der Waals surface area (Å²) in [5.41, 5.74) is 2.26. The van der Waals surface area contributed by atoms with Crippen LogP contribution in [-0.2, 0) is 13.2 Å². The van der Waals surface area contributed by atoms with E-state index < -0.39 is 0 Å². The number of unbranched alkanes of at least 4 members (excludes halogenated alkanes) is 6. The van der Waals surface area contributed by atoms with Crippen LogP contribution in [0.25, 0.3) is 21.8 Å². The number of fused-ring (bicyclic) bond motifs is 2. The molecular weight excluding hydrogens is 368 g/mol. The molecule has 3 nitrogen and oxygen atoms in total. The van der Waals surface area contributed by atoms with Crippen molar-refractivity contribution in [3.05, 3.63) is 72.6 Å². The van der Waals surface area contributed by atoms with Crippen LogP contribution in [0, 0.1) is 0 Å². The molecule has 0 saturated heterocycles. The number of nitrogens with zero attached hydrogens (tertiary/aromatic N) is 2. The summed E-state index contributed by atoms with van der Waals surface area (Å²) in [6, 6.07) is 23.0. The number of aryl methyl sites for hydroxylation is 1. The van der Waals surface area contributed by atoms with Crippen LogP contribution in [0.2, 0.25) is 0 Å². The molecule has 0 bridgehead atoms. The molecule has 4 aromatic rings. The standard InChI is InChI=1S/C27H32N2O/c1-2-3-4-5-6-7-12-20-29-25-18-11-10-17-24(25)28-27(29)21-30-26-19-13-15-22-14-8-9-16-23(22)26/h8-11,13-19H,2-7,12,20-21H2,1H3. The highest BCUT2D eigenvalue weighted by Gasteiger charge is 2.11. The number of hydrogen-bond donors (Lipinski definition) is 0. The summed E-state index contributed by atoms with van der Waals surface area (Å²) in [6.07, 6.45) is 9.19. The predicted molar refractivity (Wildman–Crippen MR) is 126 cm³/mol. The smallest absolute Gasteiger partial charge is 0.147 e. The first-order chi connectivity index (χ1) is 14.9. The van der Waals surface area contributed by atoms with Crippen molar-refractivity contribution in [3.8, 4) is 5.75 Å². The van der Waals surface area contributed by atoms with Crippen LogP contribution in [0.3, 0.4) is 0 Å². The second kappa shape index (κ2) is 10.3. The van der Waals surface area contributed by atoms with E-state index >= 15 is 0 Å².